The Morgan fingerprint density at radius 3 is 2.19 bits per heavy atom. The zero-order chi connectivity index (χ0) is 15.3. The molecule has 0 saturated carbocycles. The van der Waals surface area contributed by atoms with Gasteiger partial charge in [-0.1, -0.05) is 35.5 Å². The second kappa shape index (κ2) is 6.21. The third-order valence-electron chi connectivity index (χ3n) is 2.58. The van der Waals surface area contributed by atoms with Crippen LogP contribution in [0.25, 0.3) is 0 Å². The van der Waals surface area contributed by atoms with Crippen molar-refractivity contribution in [3.8, 4) is 0 Å². The number of hydrogen-bond acceptors (Lipinski definition) is 3. The molecule has 0 amide bonds. The van der Waals surface area contributed by atoms with Gasteiger partial charge in [-0.05, 0) is 29.8 Å². The Labute approximate surface area is 118 Å². The van der Waals surface area contributed by atoms with E-state index in [4.69, 9.17) is 0 Å². The predicted molar refractivity (Wildman–Crippen MR) is 70.9 cm³/mol. The average Bonchev–Trinajstić information content (AvgIpc) is 2.47. The SMILES string of the molecule is O=C(O/N=C/c1ccc(C(F)(F)F)cc1)c1ccccc1. The number of alkyl halides is 3. The summed E-state index contributed by atoms with van der Waals surface area (Å²) >= 11 is 0. The van der Waals surface area contributed by atoms with Crippen molar-refractivity contribution < 1.29 is 22.8 Å². The molecule has 0 aliphatic carbocycles. The third-order valence-corrected chi connectivity index (χ3v) is 2.58. The van der Waals surface area contributed by atoms with Crippen molar-refractivity contribution in [2.24, 2.45) is 5.16 Å². The molecular formula is C15H10F3NO2. The van der Waals surface area contributed by atoms with Crippen LogP contribution in [0.1, 0.15) is 21.5 Å². The molecule has 0 unspecified atom stereocenters. The lowest BCUT2D eigenvalue weighted by atomic mass is 10.1. The number of rotatable bonds is 3. The van der Waals surface area contributed by atoms with Crippen LogP contribution >= 0.6 is 0 Å². The van der Waals surface area contributed by atoms with Crippen molar-refractivity contribution in [1.82, 2.24) is 0 Å². The van der Waals surface area contributed by atoms with Gasteiger partial charge in [0.1, 0.15) is 0 Å². The van der Waals surface area contributed by atoms with Crippen LogP contribution in [0, 0.1) is 0 Å². The summed E-state index contributed by atoms with van der Waals surface area (Å²) < 4.78 is 37.1. The summed E-state index contributed by atoms with van der Waals surface area (Å²) in [6.45, 7) is 0. The highest BCUT2D eigenvalue weighted by molar-refractivity contribution is 5.90. The summed E-state index contributed by atoms with van der Waals surface area (Å²) in [6.07, 6.45) is -3.21. The molecule has 0 saturated heterocycles. The van der Waals surface area contributed by atoms with Crippen molar-refractivity contribution in [3.63, 3.8) is 0 Å². The standard InChI is InChI=1S/C15H10F3NO2/c16-15(17,18)13-8-6-11(7-9-13)10-19-21-14(20)12-4-2-1-3-5-12/h1-10H/b19-10+. The number of nitrogens with zero attached hydrogens (tertiary/aromatic N) is 1. The minimum atomic E-state index is -4.38. The minimum absolute atomic E-state index is 0.335. The first kappa shape index (κ1) is 14.8. The fraction of sp³-hybridized carbons (Fsp3) is 0.0667. The van der Waals surface area contributed by atoms with Crippen LogP contribution in [0.2, 0.25) is 0 Å². The molecule has 21 heavy (non-hydrogen) atoms. The monoisotopic (exact) mass is 293 g/mol. The second-order valence-corrected chi connectivity index (χ2v) is 4.10. The largest absolute Gasteiger partial charge is 0.416 e. The van der Waals surface area contributed by atoms with Gasteiger partial charge in [-0.25, -0.2) is 4.79 Å². The van der Waals surface area contributed by atoms with E-state index in [9.17, 15) is 18.0 Å². The highest BCUT2D eigenvalue weighted by atomic mass is 19.4. The van der Waals surface area contributed by atoms with Gasteiger partial charge in [-0.3, -0.25) is 0 Å². The van der Waals surface area contributed by atoms with Crippen molar-refractivity contribution in [1.29, 1.82) is 0 Å². The van der Waals surface area contributed by atoms with Gasteiger partial charge < -0.3 is 4.84 Å². The highest BCUT2D eigenvalue weighted by Gasteiger charge is 2.29. The number of hydrogen-bond donors (Lipinski definition) is 0. The first-order valence-corrected chi connectivity index (χ1v) is 5.94. The molecule has 0 atom stereocenters. The number of carbonyl (C=O) groups is 1. The molecule has 2 rings (SSSR count). The van der Waals surface area contributed by atoms with Crippen LogP contribution in [0.4, 0.5) is 13.2 Å². The van der Waals surface area contributed by atoms with Crippen molar-refractivity contribution >= 4 is 12.2 Å². The first-order chi connectivity index (χ1) is 9.97. The fourth-order valence-electron chi connectivity index (χ4n) is 1.52. The topological polar surface area (TPSA) is 38.7 Å². The van der Waals surface area contributed by atoms with Crippen LogP contribution in [0.5, 0.6) is 0 Å². The normalized spacial score (nSPS) is 11.6. The summed E-state index contributed by atoms with van der Waals surface area (Å²) in [5.41, 5.74) is -0.0214. The van der Waals surface area contributed by atoms with E-state index in [0.29, 0.717) is 11.1 Å². The van der Waals surface area contributed by atoms with E-state index >= 15 is 0 Å². The number of benzene rings is 2. The summed E-state index contributed by atoms with van der Waals surface area (Å²) in [7, 11) is 0. The van der Waals surface area contributed by atoms with Crippen LogP contribution < -0.4 is 0 Å². The molecule has 0 aliphatic rings. The summed E-state index contributed by atoms with van der Waals surface area (Å²) in [6, 6.07) is 12.6. The maximum absolute atomic E-state index is 12.4. The molecule has 0 heterocycles. The van der Waals surface area contributed by atoms with Gasteiger partial charge in [0, 0.05) is 0 Å². The van der Waals surface area contributed by atoms with Crippen LogP contribution in [-0.4, -0.2) is 12.2 Å². The van der Waals surface area contributed by atoms with Gasteiger partial charge in [0.25, 0.3) is 0 Å². The molecule has 0 radical (unpaired) electrons. The van der Waals surface area contributed by atoms with E-state index < -0.39 is 17.7 Å². The zero-order valence-electron chi connectivity index (χ0n) is 10.7. The molecule has 0 aliphatic heterocycles. The Hall–Kier alpha value is -2.63. The Morgan fingerprint density at radius 2 is 1.62 bits per heavy atom. The molecule has 0 aromatic heterocycles. The van der Waals surface area contributed by atoms with Gasteiger partial charge in [0.05, 0.1) is 17.3 Å². The van der Waals surface area contributed by atoms with E-state index in [-0.39, 0.29) is 0 Å². The second-order valence-electron chi connectivity index (χ2n) is 4.10. The van der Waals surface area contributed by atoms with E-state index in [1.54, 1.807) is 30.3 Å². The lowest BCUT2D eigenvalue weighted by molar-refractivity contribution is -0.137. The minimum Gasteiger partial charge on any atom is -0.313 e. The maximum Gasteiger partial charge on any atom is 0.416 e. The molecule has 2 aromatic rings. The molecule has 0 spiro atoms. The molecule has 108 valence electrons. The Morgan fingerprint density at radius 1 is 1.00 bits per heavy atom. The lowest BCUT2D eigenvalue weighted by Crippen LogP contribution is -2.04. The van der Waals surface area contributed by atoms with Gasteiger partial charge in [0.2, 0.25) is 0 Å². The van der Waals surface area contributed by atoms with Gasteiger partial charge >= 0.3 is 12.1 Å². The van der Waals surface area contributed by atoms with Gasteiger partial charge in [0.15, 0.2) is 0 Å². The van der Waals surface area contributed by atoms with Crippen molar-refractivity contribution in [2.75, 3.05) is 0 Å². The Balaban J connectivity index is 1.97. The molecule has 0 N–H and O–H groups in total. The van der Waals surface area contributed by atoms with Crippen LogP contribution in [0.15, 0.2) is 59.8 Å². The Bertz CT molecular complexity index is 634. The van der Waals surface area contributed by atoms with Crippen LogP contribution in [0.3, 0.4) is 0 Å². The van der Waals surface area contributed by atoms with E-state index in [0.717, 1.165) is 12.1 Å². The molecular weight excluding hydrogens is 283 g/mol. The smallest absolute Gasteiger partial charge is 0.313 e. The third kappa shape index (κ3) is 4.17. The van der Waals surface area contributed by atoms with Gasteiger partial charge in [-0.15, -0.1) is 0 Å². The summed E-state index contributed by atoms with van der Waals surface area (Å²) in [4.78, 5) is 16.2. The molecule has 3 nitrogen and oxygen atoms in total. The zero-order valence-corrected chi connectivity index (χ0v) is 10.7. The average molecular weight is 293 g/mol. The highest BCUT2D eigenvalue weighted by Crippen LogP contribution is 2.28. The quantitative estimate of drug-likeness (QED) is 0.489. The summed E-state index contributed by atoms with van der Waals surface area (Å²) in [5, 5.41) is 3.45. The van der Waals surface area contributed by atoms with Crippen LogP contribution in [-0.2, 0) is 11.0 Å². The van der Waals surface area contributed by atoms with Crippen molar-refractivity contribution in [3.05, 3.63) is 71.3 Å². The van der Waals surface area contributed by atoms with E-state index in [1.165, 1.54) is 18.3 Å². The number of carbonyl (C=O) groups excluding carboxylic acids is 1. The Kier molecular flexibility index (Phi) is 4.37. The number of halogens is 3. The van der Waals surface area contributed by atoms with E-state index in [2.05, 4.69) is 9.99 Å². The molecule has 2 aromatic carbocycles. The lowest BCUT2D eigenvalue weighted by Gasteiger charge is -2.05. The molecule has 0 bridgehead atoms. The summed E-state index contributed by atoms with van der Waals surface area (Å²) in [5.74, 6) is -0.640. The molecule has 0 fully saturated rings. The van der Waals surface area contributed by atoms with Crippen molar-refractivity contribution in [2.45, 2.75) is 6.18 Å². The predicted octanol–water partition coefficient (Wildman–Crippen LogP) is 3.90. The van der Waals surface area contributed by atoms with E-state index in [1.807, 2.05) is 0 Å². The molecule has 6 heteroatoms. The fourth-order valence-corrected chi connectivity index (χ4v) is 1.52. The first-order valence-electron chi connectivity index (χ1n) is 5.94. The van der Waals surface area contributed by atoms with Gasteiger partial charge in [-0.2, -0.15) is 13.2 Å². The maximum atomic E-state index is 12.4. The number of oxime groups is 1.